The Kier molecular flexibility index (Phi) is 13.7. The fourth-order valence-electron chi connectivity index (χ4n) is 3.79. The summed E-state index contributed by atoms with van der Waals surface area (Å²) in [5.74, 6) is -2.08. The minimum absolute atomic E-state index is 0.0858. The fourth-order valence-corrected chi connectivity index (χ4v) is 3.79. The smallest absolute Gasteiger partial charge is 0.384 e. The molecule has 1 saturated heterocycles. The first-order valence-corrected chi connectivity index (χ1v) is 12.7. The molecule has 1 unspecified atom stereocenters. The lowest BCUT2D eigenvalue weighted by Crippen LogP contribution is -2.54. The molecule has 4 amide bonds. The second-order valence-corrected chi connectivity index (χ2v) is 8.59. The van der Waals surface area contributed by atoms with Gasteiger partial charge in [-0.1, -0.05) is 6.07 Å². The Morgan fingerprint density at radius 2 is 1.57 bits per heavy atom. The molecule has 0 saturated carbocycles. The quantitative estimate of drug-likeness (QED) is 0.156. The highest BCUT2D eigenvalue weighted by molar-refractivity contribution is 6.25. The number of amides is 4. The van der Waals surface area contributed by atoms with Gasteiger partial charge in [-0.05, 0) is 37.9 Å². The SMILES string of the molecule is NCCCOCCOCCOCCCNc1cccc2c1C(=O)N(C1CCC(=O)NC1=O)C2=O.O=CC(F)(F)F. The Morgan fingerprint density at radius 3 is 2.15 bits per heavy atom. The Labute approximate surface area is 228 Å². The number of piperidine rings is 1. The van der Waals surface area contributed by atoms with Crippen LogP contribution in [0.2, 0.25) is 0 Å². The van der Waals surface area contributed by atoms with Crippen LogP contribution in [0.5, 0.6) is 0 Å². The van der Waals surface area contributed by atoms with Crippen molar-refractivity contribution in [2.24, 2.45) is 5.73 Å². The van der Waals surface area contributed by atoms with Crippen LogP contribution in [-0.2, 0) is 28.6 Å². The van der Waals surface area contributed by atoms with Crippen LogP contribution in [0.4, 0.5) is 18.9 Å². The molecule has 222 valence electrons. The van der Waals surface area contributed by atoms with Crippen molar-refractivity contribution in [2.45, 2.75) is 37.9 Å². The van der Waals surface area contributed by atoms with Crippen LogP contribution < -0.4 is 16.4 Å². The van der Waals surface area contributed by atoms with Gasteiger partial charge in [0.15, 0.2) is 0 Å². The first kappa shape index (κ1) is 32.8. The maximum atomic E-state index is 13.0. The lowest BCUT2D eigenvalue weighted by Gasteiger charge is -2.27. The van der Waals surface area contributed by atoms with Gasteiger partial charge in [-0.2, -0.15) is 13.2 Å². The molecule has 1 aromatic carbocycles. The summed E-state index contributed by atoms with van der Waals surface area (Å²) in [7, 11) is 0. The molecular weight excluding hydrogens is 541 g/mol. The Hall–Kier alpha value is -3.40. The van der Waals surface area contributed by atoms with Crippen molar-refractivity contribution in [2.75, 3.05) is 58.0 Å². The number of benzene rings is 1. The van der Waals surface area contributed by atoms with E-state index >= 15 is 0 Å². The standard InChI is InChI=1S/C23H32N4O7.C2HF3O/c24-8-2-10-32-12-14-34-15-13-33-11-3-9-25-17-5-1-4-16-20(17)23(31)27(22(16)30)18-6-7-19(28)26-21(18)29;3-2(4,5)1-6/h1,4-5,18,25H,2-3,6-15,24H2,(H,26,28,29);1H. The molecule has 0 spiro atoms. The van der Waals surface area contributed by atoms with Gasteiger partial charge < -0.3 is 25.3 Å². The zero-order valence-corrected chi connectivity index (χ0v) is 21.8. The summed E-state index contributed by atoms with van der Waals surface area (Å²) < 4.78 is 47.5. The van der Waals surface area contributed by atoms with Crippen LogP contribution >= 0.6 is 0 Å². The minimum Gasteiger partial charge on any atom is -0.384 e. The Balaban J connectivity index is 0.000000840. The maximum absolute atomic E-state index is 13.0. The highest BCUT2D eigenvalue weighted by Crippen LogP contribution is 2.32. The molecule has 1 fully saturated rings. The Morgan fingerprint density at radius 1 is 0.975 bits per heavy atom. The van der Waals surface area contributed by atoms with E-state index in [4.69, 9.17) is 24.7 Å². The number of ether oxygens (including phenoxy) is 3. The molecule has 0 aromatic heterocycles. The number of alkyl halides is 3. The zero-order valence-electron chi connectivity index (χ0n) is 21.8. The number of nitrogens with one attached hydrogen (secondary N) is 2. The summed E-state index contributed by atoms with van der Waals surface area (Å²) in [4.78, 5) is 59.2. The summed E-state index contributed by atoms with van der Waals surface area (Å²) in [6.07, 6.45) is -3.97. The maximum Gasteiger partial charge on any atom is 0.446 e. The van der Waals surface area contributed by atoms with E-state index in [1.807, 2.05) is 0 Å². The van der Waals surface area contributed by atoms with Gasteiger partial charge in [0.25, 0.3) is 11.8 Å². The molecule has 1 aromatic rings. The monoisotopic (exact) mass is 574 g/mol. The van der Waals surface area contributed by atoms with E-state index in [2.05, 4.69) is 10.6 Å². The van der Waals surface area contributed by atoms with Crippen LogP contribution in [0.15, 0.2) is 18.2 Å². The molecule has 2 heterocycles. The molecule has 1 atom stereocenters. The number of hydrogen-bond acceptors (Lipinski definition) is 10. The Bertz CT molecular complexity index is 1040. The molecule has 2 aliphatic heterocycles. The van der Waals surface area contributed by atoms with E-state index in [0.29, 0.717) is 64.8 Å². The van der Waals surface area contributed by atoms with Gasteiger partial charge in [0.1, 0.15) is 6.04 Å². The van der Waals surface area contributed by atoms with Gasteiger partial charge in [-0.15, -0.1) is 0 Å². The van der Waals surface area contributed by atoms with Crippen molar-refractivity contribution in [1.82, 2.24) is 10.2 Å². The second-order valence-electron chi connectivity index (χ2n) is 8.59. The van der Waals surface area contributed by atoms with E-state index in [1.165, 1.54) is 0 Å². The number of nitrogens with two attached hydrogens (primary N) is 1. The topological polar surface area (TPSA) is 166 Å². The molecule has 40 heavy (non-hydrogen) atoms. The van der Waals surface area contributed by atoms with Gasteiger partial charge in [-0.25, -0.2) is 0 Å². The normalized spacial score (nSPS) is 16.8. The number of imide groups is 2. The first-order valence-electron chi connectivity index (χ1n) is 12.7. The number of nitrogens with zero attached hydrogens (tertiary/aromatic N) is 1. The predicted molar refractivity (Wildman–Crippen MR) is 134 cm³/mol. The molecule has 15 heteroatoms. The number of fused-ring (bicyclic) bond motifs is 1. The van der Waals surface area contributed by atoms with Crippen LogP contribution in [0.3, 0.4) is 0 Å². The van der Waals surface area contributed by atoms with E-state index in [9.17, 15) is 32.3 Å². The number of carbonyl (C=O) groups is 5. The number of anilines is 1. The van der Waals surface area contributed by atoms with Crippen LogP contribution in [0.25, 0.3) is 0 Å². The van der Waals surface area contributed by atoms with Gasteiger partial charge in [0, 0.05) is 31.9 Å². The van der Waals surface area contributed by atoms with E-state index in [-0.39, 0.29) is 24.0 Å². The molecule has 2 aliphatic rings. The molecule has 0 aliphatic carbocycles. The van der Waals surface area contributed by atoms with Crippen molar-refractivity contribution >= 4 is 35.6 Å². The summed E-state index contributed by atoms with van der Waals surface area (Å²) in [5.41, 5.74) is 6.42. The lowest BCUT2D eigenvalue weighted by atomic mass is 10.0. The van der Waals surface area contributed by atoms with Crippen molar-refractivity contribution < 1.29 is 51.4 Å². The zero-order chi connectivity index (χ0) is 29.5. The fraction of sp³-hybridized carbons (Fsp3) is 0.560. The summed E-state index contributed by atoms with van der Waals surface area (Å²) in [5, 5.41) is 5.38. The van der Waals surface area contributed by atoms with E-state index in [0.717, 1.165) is 11.3 Å². The highest BCUT2D eigenvalue weighted by Gasteiger charge is 2.45. The third-order valence-corrected chi connectivity index (χ3v) is 5.62. The van der Waals surface area contributed by atoms with Crippen LogP contribution in [0, 0.1) is 0 Å². The van der Waals surface area contributed by atoms with Gasteiger partial charge in [0.2, 0.25) is 18.1 Å². The van der Waals surface area contributed by atoms with Crippen molar-refractivity contribution in [1.29, 1.82) is 0 Å². The first-order chi connectivity index (χ1) is 19.1. The molecule has 0 bridgehead atoms. The molecule has 3 rings (SSSR count). The minimum atomic E-state index is -4.64. The van der Waals surface area contributed by atoms with Gasteiger partial charge >= 0.3 is 6.18 Å². The average Bonchev–Trinajstić information content (AvgIpc) is 3.17. The van der Waals surface area contributed by atoms with Crippen LogP contribution in [0.1, 0.15) is 46.4 Å². The van der Waals surface area contributed by atoms with Crippen molar-refractivity contribution in [3.8, 4) is 0 Å². The highest BCUT2D eigenvalue weighted by atomic mass is 19.4. The number of rotatable bonds is 15. The number of aldehydes is 1. The average molecular weight is 575 g/mol. The van der Waals surface area contributed by atoms with Gasteiger partial charge in [0.05, 0.1) is 37.6 Å². The largest absolute Gasteiger partial charge is 0.446 e. The van der Waals surface area contributed by atoms with Crippen molar-refractivity contribution in [3.05, 3.63) is 29.3 Å². The second kappa shape index (κ2) is 16.6. The van der Waals surface area contributed by atoms with E-state index in [1.54, 1.807) is 18.2 Å². The summed E-state index contributed by atoms with van der Waals surface area (Å²) in [6.45, 7) is 4.29. The molecule has 12 nitrogen and oxygen atoms in total. The number of carbonyl (C=O) groups excluding carboxylic acids is 5. The summed E-state index contributed by atoms with van der Waals surface area (Å²) >= 11 is 0. The molecular formula is C25H33F3N4O8. The van der Waals surface area contributed by atoms with Crippen molar-refractivity contribution in [3.63, 3.8) is 0 Å². The molecule has 0 radical (unpaired) electrons. The third-order valence-electron chi connectivity index (χ3n) is 5.62. The summed E-state index contributed by atoms with van der Waals surface area (Å²) in [6, 6.07) is 4.00. The van der Waals surface area contributed by atoms with Crippen LogP contribution in [-0.4, -0.2) is 99.8 Å². The molecule has 4 N–H and O–H groups in total. The van der Waals surface area contributed by atoms with E-state index < -0.39 is 42.1 Å². The number of halogens is 3. The lowest BCUT2D eigenvalue weighted by molar-refractivity contribution is -0.156. The van der Waals surface area contributed by atoms with Gasteiger partial charge in [-0.3, -0.25) is 34.2 Å². The third kappa shape index (κ3) is 10.3. The number of hydrogen-bond donors (Lipinski definition) is 3. The predicted octanol–water partition coefficient (Wildman–Crippen LogP) is 1.04.